The first-order valence-corrected chi connectivity index (χ1v) is 8.43. The average molecular weight is 151 g/mol. The van der Waals surface area contributed by atoms with Gasteiger partial charge in [0, 0.05) is 0 Å². The standard InChI is InChI=1S/BrH.K.H4N2/c;;1-2/h1H;;1-2H2/q;+1;/p-1. The van der Waals surface area contributed by atoms with E-state index < -0.39 is 0 Å². The first kappa shape index (κ1) is 9.40. The van der Waals surface area contributed by atoms with E-state index in [0.717, 1.165) is 45.4 Å². The Morgan fingerprint density at radius 1 is 1.25 bits per heavy atom. The molecule has 0 unspecified atom stereocenters. The molecule has 4 heteroatoms. The molecule has 0 aromatic heterocycles. The summed E-state index contributed by atoms with van der Waals surface area (Å²) >= 11 is 0.875. The van der Waals surface area contributed by atoms with Gasteiger partial charge in [0.15, 0.2) is 0 Å². The first-order valence-electron chi connectivity index (χ1n) is 0.711. The molecule has 0 radical (unpaired) electrons. The van der Waals surface area contributed by atoms with Crippen LogP contribution < -0.4 is 11.7 Å². The maximum absolute atomic E-state index is 4.00. The molecule has 0 saturated carbocycles. The van der Waals surface area contributed by atoms with Gasteiger partial charge in [-0.3, -0.25) is 11.7 Å². The summed E-state index contributed by atoms with van der Waals surface area (Å²) in [5, 5.41) is 0. The van der Waals surface area contributed by atoms with Crippen LogP contribution in [0.25, 0.3) is 0 Å². The molecule has 0 bridgehead atoms. The van der Waals surface area contributed by atoms with Crippen LogP contribution in [0.15, 0.2) is 0 Å². The summed E-state index contributed by atoms with van der Waals surface area (Å²) in [6.45, 7) is 3.12. The number of hydrogen-bond acceptors (Lipinski definition) is 2. The third-order valence-electron chi connectivity index (χ3n) is 0. The van der Waals surface area contributed by atoms with E-state index in [0.29, 0.717) is 0 Å². The van der Waals surface area contributed by atoms with Gasteiger partial charge in [-0.25, -0.2) is 0 Å². The summed E-state index contributed by atoms with van der Waals surface area (Å²) in [5.41, 5.74) is 0. The number of rotatable bonds is 0. The normalized spacial score (nSPS) is 3.25. The van der Waals surface area contributed by atoms with Gasteiger partial charge in [-0.15, -0.1) is 0 Å². The minimum atomic E-state index is 0.875. The van der Waals surface area contributed by atoms with E-state index in [1.54, 1.807) is 0 Å². The second-order valence-corrected chi connectivity index (χ2v) is 0. The van der Waals surface area contributed by atoms with Crippen LogP contribution in [0.3, 0.4) is 0 Å². The quantitative estimate of drug-likeness (QED) is 0.273. The van der Waals surface area contributed by atoms with Crippen molar-refractivity contribution in [3.8, 4) is 0 Å². The fourth-order valence-electron chi connectivity index (χ4n) is 0. The van der Waals surface area contributed by atoms with Crippen LogP contribution in [-0.4, -0.2) is 45.4 Å². The SMILES string of the molecule is NN.[K][Br]. The zero-order valence-electron chi connectivity index (χ0n) is 2.53. The maximum atomic E-state index is 4.00. The molecule has 22 valence electrons. The van der Waals surface area contributed by atoms with Gasteiger partial charge in [0.2, 0.25) is 0 Å². The molecule has 0 aliphatic carbocycles. The van der Waals surface area contributed by atoms with Crippen LogP contribution in [0.5, 0.6) is 0 Å². The molecule has 0 heterocycles. The Hall–Kier alpha value is 2.04. The summed E-state index contributed by atoms with van der Waals surface area (Å²) in [4.78, 5) is 0. The number of nitrogens with two attached hydrogens (primary N) is 2. The molecule has 0 atom stereocenters. The van der Waals surface area contributed by atoms with Gasteiger partial charge in [-0.1, -0.05) is 0 Å². The van der Waals surface area contributed by atoms with E-state index in [-0.39, 0.29) is 0 Å². The molecular formula is H4BrKN2. The molecular weight excluding hydrogens is 147 g/mol. The third kappa shape index (κ3) is 8.97. The molecule has 0 spiro atoms. The molecule has 0 aromatic rings. The predicted octanol–water partition coefficient (Wildman–Crippen LogP) is -0.716. The Balaban J connectivity index is 0. The zero-order valence-corrected chi connectivity index (χ0v) is 7.24. The monoisotopic (exact) mass is 150 g/mol. The van der Waals surface area contributed by atoms with E-state index >= 15 is 0 Å². The Labute approximate surface area is 62.1 Å². The van der Waals surface area contributed by atoms with Gasteiger partial charge < -0.3 is 0 Å². The number of hydrogen-bond donors (Lipinski definition) is 2. The molecule has 2 nitrogen and oxygen atoms in total. The van der Waals surface area contributed by atoms with Gasteiger partial charge in [0.05, 0.1) is 0 Å². The van der Waals surface area contributed by atoms with Crippen molar-refractivity contribution in [3.63, 3.8) is 0 Å². The van der Waals surface area contributed by atoms with E-state index in [9.17, 15) is 0 Å². The van der Waals surface area contributed by atoms with Crippen molar-refractivity contribution >= 4 is 52.0 Å². The number of hydrazine groups is 1. The second-order valence-electron chi connectivity index (χ2n) is 0. The topological polar surface area (TPSA) is 52.0 Å². The van der Waals surface area contributed by atoms with Crippen molar-refractivity contribution in [1.82, 2.24) is 0 Å². The van der Waals surface area contributed by atoms with Crippen LogP contribution in [0, 0.1) is 0 Å². The van der Waals surface area contributed by atoms with E-state index in [2.05, 4.69) is 18.3 Å². The van der Waals surface area contributed by atoms with Gasteiger partial charge in [0.25, 0.3) is 0 Å². The van der Waals surface area contributed by atoms with Gasteiger partial charge in [0.1, 0.15) is 0 Å². The Morgan fingerprint density at radius 2 is 1.25 bits per heavy atom. The van der Waals surface area contributed by atoms with E-state index in [4.69, 9.17) is 0 Å². The molecule has 0 amide bonds. The fourth-order valence-corrected chi connectivity index (χ4v) is 0. The van der Waals surface area contributed by atoms with Crippen molar-refractivity contribution in [3.05, 3.63) is 0 Å². The van der Waals surface area contributed by atoms with Crippen molar-refractivity contribution in [2.75, 3.05) is 0 Å². The molecule has 0 aliphatic rings. The van der Waals surface area contributed by atoms with Crippen LogP contribution in [0.2, 0.25) is 0 Å². The van der Waals surface area contributed by atoms with Crippen LogP contribution >= 0.6 is 6.60 Å². The Kier molecular flexibility index (Phi) is 46.5. The second kappa shape index (κ2) is 19.8. The van der Waals surface area contributed by atoms with Crippen LogP contribution in [0.1, 0.15) is 0 Å². The number of halogens is 1. The third-order valence-corrected chi connectivity index (χ3v) is 0. The summed E-state index contributed by atoms with van der Waals surface area (Å²) in [5.74, 6) is 8.00. The minimum absolute atomic E-state index is 0.875. The predicted molar refractivity (Wildman–Crippen MR) is 23.1 cm³/mol. The van der Waals surface area contributed by atoms with E-state index in [1.807, 2.05) is 0 Å². The van der Waals surface area contributed by atoms with Crippen molar-refractivity contribution in [2.45, 2.75) is 0 Å². The fraction of sp³-hybridized carbons (Fsp3) is 0. The van der Waals surface area contributed by atoms with Crippen molar-refractivity contribution < 1.29 is 0 Å². The molecule has 4 N–H and O–H groups in total. The van der Waals surface area contributed by atoms with Crippen LogP contribution in [0.4, 0.5) is 0 Å². The zero-order chi connectivity index (χ0) is 4.00. The Morgan fingerprint density at radius 3 is 1.25 bits per heavy atom. The summed E-state index contributed by atoms with van der Waals surface area (Å²) in [7, 11) is 0. The molecule has 0 saturated heterocycles. The Bertz CT molecular complexity index is 6.00. The average Bonchev–Trinajstić information content (AvgIpc) is 1.50. The first-order chi connectivity index (χ1) is 2.00. The van der Waals surface area contributed by atoms with Gasteiger partial charge in [-0.2, -0.15) is 0 Å². The van der Waals surface area contributed by atoms with Gasteiger partial charge in [-0.05, 0) is 0 Å². The summed E-state index contributed by atoms with van der Waals surface area (Å²) < 4.78 is 0. The molecule has 0 aromatic carbocycles. The summed E-state index contributed by atoms with van der Waals surface area (Å²) in [6.07, 6.45) is 0. The van der Waals surface area contributed by atoms with Crippen molar-refractivity contribution in [2.24, 2.45) is 11.7 Å². The van der Waals surface area contributed by atoms with E-state index in [1.165, 1.54) is 0 Å². The molecule has 0 rings (SSSR count). The summed E-state index contributed by atoms with van der Waals surface area (Å²) in [6, 6.07) is 0. The molecule has 4 heavy (non-hydrogen) atoms. The van der Waals surface area contributed by atoms with Crippen LogP contribution in [-0.2, 0) is 0 Å². The van der Waals surface area contributed by atoms with Crippen molar-refractivity contribution in [1.29, 1.82) is 0 Å². The molecule has 0 aliphatic heterocycles. The van der Waals surface area contributed by atoms with Gasteiger partial charge >= 0.3 is 52.0 Å². The molecule has 0 fully saturated rings.